The van der Waals surface area contributed by atoms with Gasteiger partial charge in [-0.2, -0.15) is 0 Å². The van der Waals surface area contributed by atoms with E-state index in [0.29, 0.717) is 29.7 Å². The summed E-state index contributed by atoms with van der Waals surface area (Å²) in [5.74, 6) is 1.52. The highest BCUT2D eigenvalue weighted by molar-refractivity contribution is 5.38. The van der Waals surface area contributed by atoms with E-state index in [-0.39, 0.29) is 12.6 Å². The standard InChI is InChI=1S/C15H20N6O3/c1-24-7-13-19-11(8-2-10(16)3-8)4-12(20-13)17-5-9-6-18-15(23)21-14(9)22/h4,6,8,10H,2-3,5,7,16H2,1H3,(H,17,19,20)(H2,18,21,22,23). The van der Waals surface area contributed by atoms with Crippen LogP contribution in [0.3, 0.4) is 0 Å². The molecule has 3 rings (SSSR count). The summed E-state index contributed by atoms with van der Waals surface area (Å²) < 4.78 is 5.11. The van der Waals surface area contributed by atoms with Crippen LogP contribution in [-0.4, -0.2) is 33.1 Å². The van der Waals surface area contributed by atoms with Gasteiger partial charge in [0, 0.05) is 43.6 Å². The van der Waals surface area contributed by atoms with Crippen LogP contribution >= 0.6 is 0 Å². The first-order chi connectivity index (χ1) is 11.5. The first kappa shape index (κ1) is 16.3. The van der Waals surface area contributed by atoms with E-state index in [1.807, 2.05) is 6.07 Å². The highest BCUT2D eigenvalue weighted by Gasteiger charge is 2.29. The molecule has 5 N–H and O–H groups in total. The number of ether oxygens (including phenoxy) is 1. The second-order valence-electron chi connectivity index (χ2n) is 5.91. The fourth-order valence-electron chi connectivity index (χ4n) is 2.67. The van der Waals surface area contributed by atoms with Crippen LogP contribution in [-0.2, 0) is 17.9 Å². The number of aromatic amines is 2. The highest BCUT2D eigenvalue weighted by Crippen LogP contribution is 2.35. The summed E-state index contributed by atoms with van der Waals surface area (Å²) in [6, 6.07) is 2.10. The average molecular weight is 332 g/mol. The molecule has 0 atom stereocenters. The molecule has 0 amide bonds. The van der Waals surface area contributed by atoms with E-state index < -0.39 is 11.2 Å². The van der Waals surface area contributed by atoms with E-state index in [9.17, 15) is 9.59 Å². The molecule has 9 heteroatoms. The second kappa shape index (κ2) is 6.93. The molecule has 0 saturated heterocycles. The van der Waals surface area contributed by atoms with Crippen LogP contribution in [0.25, 0.3) is 0 Å². The third-order valence-electron chi connectivity index (χ3n) is 4.01. The number of H-pyrrole nitrogens is 2. The van der Waals surface area contributed by atoms with Gasteiger partial charge in [-0.3, -0.25) is 9.78 Å². The summed E-state index contributed by atoms with van der Waals surface area (Å²) >= 11 is 0. The Balaban J connectivity index is 1.78. The molecule has 1 aliphatic carbocycles. The monoisotopic (exact) mass is 332 g/mol. The molecule has 128 valence electrons. The van der Waals surface area contributed by atoms with Gasteiger partial charge in [-0.1, -0.05) is 0 Å². The van der Waals surface area contributed by atoms with Gasteiger partial charge in [0.25, 0.3) is 5.56 Å². The fourth-order valence-corrected chi connectivity index (χ4v) is 2.67. The zero-order valence-corrected chi connectivity index (χ0v) is 13.3. The average Bonchev–Trinajstić information content (AvgIpc) is 2.51. The highest BCUT2D eigenvalue weighted by atomic mass is 16.5. The van der Waals surface area contributed by atoms with Gasteiger partial charge in [-0.15, -0.1) is 0 Å². The first-order valence-corrected chi connectivity index (χ1v) is 7.72. The zero-order valence-electron chi connectivity index (χ0n) is 13.3. The number of rotatable bonds is 6. The number of hydrogen-bond acceptors (Lipinski definition) is 7. The lowest BCUT2D eigenvalue weighted by atomic mass is 9.78. The van der Waals surface area contributed by atoms with Gasteiger partial charge in [-0.25, -0.2) is 14.8 Å². The largest absolute Gasteiger partial charge is 0.377 e. The molecule has 2 heterocycles. The van der Waals surface area contributed by atoms with E-state index in [0.717, 1.165) is 18.5 Å². The number of anilines is 1. The predicted molar refractivity (Wildman–Crippen MR) is 87.7 cm³/mol. The predicted octanol–water partition coefficient (Wildman–Crippen LogP) is -0.184. The Bertz CT molecular complexity index is 824. The van der Waals surface area contributed by atoms with Gasteiger partial charge in [0.2, 0.25) is 0 Å². The van der Waals surface area contributed by atoms with Gasteiger partial charge in [0.05, 0.1) is 5.56 Å². The van der Waals surface area contributed by atoms with Gasteiger partial charge in [0.1, 0.15) is 12.4 Å². The van der Waals surface area contributed by atoms with Gasteiger partial charge in [0.15, 0.2) is 5.82 Å². The van der Waals surface area contributed by atoms with Crippen LogP contribution in [0.1, 0.15) is 35.8 Å². The Morgan fingerprint density at radius 1 is 1.38 bits per heavy atom. The van der Waals surface area contributed by atoms with E-state index in [2.05, 4.69) is 25.3 Å². The molecule has 0 unspecified atom stereocenters. The summed E-state index contributed by atoms with van der Waals surface area (Å²) in [5.41, 5.74) is 6.23. The van der Waals surface area contributed by atoms with Crippen LogP contribution < -0.4 is 22.3 Å². The maximum Gasteiger partial charge on any atom is 0.325 e. The van der Waals surface area contributed by atoms with Crippen LogP contribution in [0, 0.1) is 0 Å². The number of hydrogen-bond donors (Lipinski definition) is 4. The van der Waals surface area contributed by atoms with E-state index in [1.54, 1.807) is 7.11 Å². The molecule has 0 bridgehead atoms. The van der Waals surface area contributed by atoms with Crippen LogP contribution in [0.4, 0.5) is 5.82 Å². The Kier molecular flexibility index (Phi) is 4.72. The molecular formula is C15H20N6O3. The normalized spacial score (nSPS) is 19.8. The second-order valence-corrected chi connectivity index (χ2v) is 5.91. The molecule has 0 spiro atoms. The van der Waals surface area contributed by atoms with Crippen molar-refractivity contribution in [2.75, 3.05) is 12.4 Å². The molecule has 1 saturated carbocycles. The number of nitrogens with two attached hydrogens (primary N) is 1. The van der Waals surface area contributed by atoms with E-state index in [4.69, 9.17) is 10.5 Å². The molecule has 2 aromatic rings. The maximum absolute atomic E-state index is 11.7. The Labute approximate surface area is 137 Å². The molecular weight excluding hydrogens is 312 g/mol. The molecule has 1 aliphatic rings. The number of aromatic nitrogens is 4. The fraction of sp³-hybridized carbons (Fsp3) is 0.467. The van der Waals surface area contributed by atoms with Gasteiger partial charge in [-0.05, 0) is 12.8 Å². The first-order valence-electron chi connectivity index (χ1n) is 7.72. The maximum atomic E-state index is 11.7. The quantitative estimate of drug-likeness (QED) is 0.575. The Morgan fingerprint density at radius 3 is 2.83 bits per heavy atom. The van der Waals surface area contributed by atoms with Crippen molar-refractivity contribution >= 4 is 5.82 Å². The van der Waals surface area contributed by atoms with Gasteiger partial charge >= 0.3 is 5.69 Å². The van der Waals surface area contributed by atoms with E-state index in [1.165, 1.54) is 6.20 Å². The van der Waals surface area contributed by atoms with Gasteiger partial charge < -0.3 is 20.8 Å². The third kappa shape index (κ3) is 3.69. The van der Waals surface area contributed by atoms with Crippen molar-refractivity contribution in [3.63, 3.8) is 0 Å². The Morgan fingerprint density at radius 2 is 2.17 bits per heavy atom. The Hall–Kier alpha value is -2.52. The van der Waals surface area contributed by atoms with Crippen molar-refractivity contribution in [3.05, 3.63) is 50.2 Å². The molecule has 0 aromatic carbocycles. The molecule has 1 fully saturated rings. The van der Waals surface area contributed by atoms with Crippen LogP contribution in [0.5, 0.6) is 0 Å². The molecule has 2 aromatic heterocycles. The molecule has 0 aliphatic heterocycles. The summed E-state index contributed by atoms with van der Waals surface area (Å²) in [6.07, 6.45) is 3.20. The van der Waals surface area contributed by atoms with Crippen LogP contribution in [0.15, 0.2) is 21.9 Å². The number of nitrogens with one attached hydrogen (secondary N) is 3. The number of nitrogens with zero attached hydrogens (tertiary/aromatic N) is 2. The minimum absolute atomic E-state index is 0.229. The lowest BCUT2D eigenvalue weighted by Gasteiger charge is -2.32. The lowest BCUT2D eigenvalue weighted by Crippen LogP contribution is -2.35. The number of methoxy groups -OCH3 is 1. The molecule has 0 radical (unpaired) electrons. The lowest BCUT2D eigenvalue weighted by molar-refractivity contribution is 0.177. The van der Waals surface area contributed by atoms with Crippen molar-refractivity contribution in [1.29, 1.82) is 0 Å². The summed E-state index contributed by atoms with van der Waals surface area (Å²) in [7, 11) is 1.59. The van der Waals surface area contributed by atoms with Crippen molar-refractivity contribution in [2.45, 2.75) is 38.0 Å². The topological polar surface area (TPSA) is 139 Å². The van der Waals surface area contributed by atoms with Crippen molar-refractivity contribution in [3.8, 4) is 0 Å². The molecule has 24 heavy (non-hydrogen) atoms. The summed E-state index contributed by atoms with van der Waals surface area (Å²) in [5, 5.41) is 3.09. The SMILES string of the molecule is COCc1nc(NCc2c[nH]c(=O)[nH]c2=O)cc(C2CC(N)C2)n1. The minimum atomic E-state index is -0.531. The summed E-state index contributed by atoms with van der Waals surface area (Å²) in [6.45, 7) is 0.541. The minimum Gasteiger partial charge on any atom is -0.377 e. The van der Waals surface area contributed by atoms with Crippen molar-refractivity contribution < 1.29 is 4.74 Å². The smallest absolute Gasteiger partial charge is 0.325 e. The van der Waals surface area contributed by atoms with Crippen LogP contribution in [0.2, 0.25) is 0 Å². The van der Waals surface area contributed by atoms with Crippen molar-refractivity contribution in [2.24, 2.45) is 5.73 Å². The van der Waals surface area contributed by atoms with E-state index >= 15 is 0 Å². The third-order valence-corrected chi connectivity index (χ3v) is 4.01. The molecule has 9 nitrogen and oxygen atoms in total. The summed E-state index contributed by atoms with van der Waals surface area (Å²) in [4.78, 5) is 36.3. The van der Waals surface area contributed by atoms with Crippen molar-refractivity contribution in [1.82, 2.24) is 19.9 Å². The zero-order chi connectivity index (χ0) is 17.1.